The molecule has 1 aromatic heterocycles. The summed E-state index contributed by atoms with van der Waals surface area (Å²) in [5.74, 6) is 0.556. The summed E-state index contributed by atoms with van der Waals surface area (Å²) < 4.78 is 26.6. The summed E-state index contributed by atoms with van der Waals surface area (Å²) >= 11 is 5.97. The average Bonchev–Trinajstić information content (AvgIpc) is 2.39. The number of aromatic nitrogens is 1. The van der Waals surface area contributed by atoms with Crippen LogP contribution in [-0.2, 0) is 10.0 Å². The second-order valence-electron chi connectivity index (χ2n) is 5.42. The van der Waals surface area contributed by atoms with E-state index in [4.69, 9.17) is 11.6 Å². The van der Waals surface area contributed by atoms with Gasteiger partial charge in [-0.05, 0) is 38.9 Å². The molecule has 0 unspecified atom stereocenters. The number of sulfonamides is 1. The highest BCUT2D eigenvalue weighted by molar-refractivity contribution is 7.89. The van der Waals surface area contributed by atoms with Crippen LogP contribution in [0.15, 0.2) is 23.4 Å². The standard InChI is InChI=1S/C13H20ClN3O2S/c1-16(2)10-11-4-7-17(8-5-11)20(18,19)13-9-15-6-3-12(13)14/h3,6,9,11H,4-5,7-8,10H2,1-2H3. The molecule has 1 saturated heterocycles. The molecule has 0 spiro atoms. The molecule has 0 bridgehead atoms. The zero-order valence-electron chi connectivity index (χ0n) is 11.8. The Labute approximate surface area is 125 Å². The lowest BCUT2D eigenvalue weighted by Gasteiger charge is -2.32. The minimum Gasteiger partial charge on any atom is -0.309 e. The van der Waals surface area contributed by atoms with E-state index in [1.54, 1.807) is 0 Å². The summed E-state index contributed by atoms with van der Waals surface area (Å²) in [5, 5.41) is 0.232. The van der Waals surface area contributed by atoms with Gasteiger partial charge in [0.25, 0.3) is 0 Å². The third-order valence-electron chi connectivity index (χ3n) is 3.55. The highest BCUT2D eigenvalue weighted by atomic mass is 35.5. The van der Waals surface area contributed by atoms with Gasteiger partial charge in [-0.3, -0.25) is 4.98 Å². The zero-order chi connectivity index (χ0) is 14.8. The Bertz CT molecular complexity index is 554. The Hall–Kier alpha value is -0.690. The van der Waals surface area contributed by atoms with Crippen LogP contribution in [0, 0.1) is 5.92 Å². The van der Waals surface area contributed by atoms with Gasteiger partial charge in [-0.25, -0.2) is 8.42 Å². The molecule has 0 N–H and O–H groups in total. The fraction of sp³-hybridized carbons (Fsp3) is 0.615. The van der Waals surface area contributed by atoms with Gasteiger partial charge in [-0.1, -0.05) is 11.6 Å². The SMILES string of the molecule is CN(C)CC1CCN(S(=O)(=O)c2cnccc2Cl)CC1. The second-order valence-corrected chi connectivity index (χ2v) is 7.73. The van der Waals surface area contributed by atoms with Gasteiger partial charge in [0.05, 0.1) is 5.02 Å². The molecule has 112 valence electrons. The number of pyridine rings is 1. The van der Waals surface area contributed by atoms with Crippen LogP contribution in [0.1, 0.15) is 12.8 Å². The van der Waals surface area contributed by atoms with E-state index in [2.05, 4.69) is 9.88 Å². The van der Waals surface area contributed by atoms with E-state index < -0.39 is 10.0 Å². The smallest absolute Gasteiger partial charge is 0.246 e. The largest absolute Gasteiger partial charge is 0.309 e. The molecule has 1 aliphatic heterocycles. The zero-order valence-corrected chi connectivity index (χ0v) is 13.4. The Morgan fingerprint density at radius 2 is 2.05 bits per heavy atom. The molecular weight excluding hydrogens is 298 g/mol. The van der Waals surface area contributed by atoms with E-state index in [1.807, 2.05) is 14.1 Å². The molecule has 1 fully saturated rings. The molecule has 0 saturated carbocycles. The summed E-state index contributed by atoms with van der Waals surface area (Å²) in [6.07, 6.45) is 4.58. The maximum absolute atomic E-state index is 12.5. The molecule has 2 heterocycles. The summed E-state index contributed by atoms with van der Waals surface area (Å²) in [6, 6.07) is 1.51. The number of piperidine rings is 1. The molecule has 5 nitrogen and oxygen atoms in total. The normalized spacial score (nSPS) is 18.6. The van der Waals surface area contributed by atoms with Crippen molar-refractivity contribution < 1.29 is 8.42 Å². The topological polar surface area (TPSA) is 53.5 Å². The van der Waals surface area contributed by atoms with Crippen molar-refractivity contribution in [1.29, 1.82) is 0 Å². The lowest BCUT2D eigenvalue weighted by molar-refractivity contribution is 0.225. The molecule has 1 aromatic rings. The Kier molecular flexibility index (Phi) is 5.01. The van der Waals surface area contributed by atoms with Crippen LogP contribution < -0.4 is 0 Å². The van der Waals surface area contributed by atoms with Crippen LogP contribution in [0.25, 0.3) is 0 Å². The first-order valence-electron chi connectivity index (χ1n) is 6.65. The minimum atomic E-state index is -3.52. The maximum Gasteiger partial charge on any atom is 0.246 e. The van der Waals surface area contributed by atoms with Crippen molar-refractivity contribution in [2.45, 2.75) is 17.7 Å². The van der Waals surface area contributed by atoms with Crippen molar-refractivity contribution in [3.8, 4) is 0 Å². The highest BCUT2D eigenvalue weighted by Gasteiger charge is 2.31. The Morgan fingerprint density at radius 1 is 1.40 bits per heavy atom. The van der Waals surface area contributed by atoms with E-state index in [-0.39, 0.29) is 9.92 Å². The fourth-order valence-corrected chi connectivity index (χ4v) is 4.42. The van der Waals surface area contributed by atoms with Gasteiger partial charge in [0.15, 0.2) is 0 Å². The van der Waals surface area contributed by atoms with Gasteiger partial charge in [-0.15, -0.1) is 0 Å². The van der Waals surface area contributed by atoms with E-state index >= 15 is 0 Å². The molecule has 0 atom stereocenters. The van der Waals surface area contributed by atoms with Crippen LogP contribution in [0.5, 0.6) is 0 Å². The first kappa shape index (κ1) is 15.7. The average molecular weight is 318 g/mol. The first-order valence-corrected chi connectivity index (χ1v) is 8.47. The van der Waals surface area contributed by atoms with Crippen molar-refractivity contribution in [2.75, 3.05) is 33.7 Å². The minimum absolute atomic E-state index is 0.104. The maximum atomic E-state index is 12.5. The molecule has 1 aliphatic rings. The number of hydrogen-bond donors (Lipinski definition) is 0. The van der Waals surface area contributed by atoms with Gasteiger partial charge < -0.3 is 4.90 Å². The quantitative estimate of drug-likeness (QED) is 0.848. The van der Waals surface area contributed by atoms with Crippen LogP contribution in [-0.4, -0.2) is 56.3 Å². The van der Waals surface area contributed by atoms with Gasteiger partial charge >= 0.3 is 0 Å². The molecular formula is C13H20ClN3O2S. The van der Waals surface area contributed by atoms with Crippen LogP contribution >= 0.6 is 11.6 Å². The van der Waals surface area contributed by atoms with Crippen LogP contribution in [0.3, 0.4) is 0 Å². The van der Waals surface area contributed by atoms with Gasteiger partial charge in [0.2, 0.25) is 10.0 Å². The lowest BCUT2D eigenvalue weighted by Crippen LogP contribution is -2.40. The van der Waals surface area contributed by atoms with Crippen molar-refractivity contribution in [3.63, 3.8) is 0 Å². The lowest BCUT2D eigenvalue weighted by atomic mass is 9.98. The molecule has 0 radical (unpaired) electrons. The number of hydrogen-bond acceptors (Lipinski definition) is 4. The second kappa shape index (κ2) is 6.39. The first-order chi connectivity index (χ1) is 9.41. The highest BCUT2D eigenvalue weighted by Crippen LogP contribution is 2.27. The fourth-order valence-electron chi connectivity index (χ4n) is 2.54. The number of halogens is 1. The van der Waals surface area contributed by atoms with E-state index in [0.717, 1.165) is 19.4 Å². The third kappa shape index (κ3) is 3.49. The Balaban J connectivity index is 2.08. The molecule has 2 rings (SSSR count). The molecule has 7 heteroatoms. The van der Waals surface area contributed by atoms with Crippen molar-refractivity contribution >= 4 is 21.6 Å². The monoisotopic (exact) mass is 317 g/mol. The predicted octanol–water partition coefficient (Wildman–Crippen LogP) is 1.70. The van der Waals surface area contributed by atoms with E-state index in [0.29, 0.717) is 19.0 Å². The summed E-state index contributed by atoms with van der Waals surface area (Å²) in [6.45, 7) is 2.10. The van der Waals surface area contributed by atoms with Gasteiger partial charge in [0.1, 0.15) is 4.90 Å². The summed E-state index contributed by atoms with van der Waals surface area (Å²) in [5.41, 5.74) is 0. The van der Waals surface area contributed by atoms with Gasteiger partial charge in [-0.2, -0.15) is 4.31 Å². The Morgan fingerprint density at radius 3 is 2.60 bits per heavy atom. The number of rotatable bonds is 4. The van der Waals surface area contributed by atoms with Crippen molar-refractivity contribution in [3.05, 3.63) is 23.5 Å². The van der Waals surface area contributed by atoms with Crippen LogP contribution in [0.2, 0.25) is 5.02 Å². The third-order valence-corrected chi connectivity index (χ3v) is 5.92. The van der Waals surface area contributed by atoms with E-state index in [9.17, 15) is 8.42 Å². The summed E-state index contributed by atoms with van der Waals surface area (Å²) in [7, 11) is 0.561. The predicted molar refractivity (Wildman–Crippen MR) is 79.3 cm³/mol. The molecule has 0 aliphatic carbocycles. The van der Waals surface area contributed by atoms with Crippen LogP contribution in [0.4, 0.5) is 0 Å². The molecule has 0 amide bonds. The summed E-state index contributed by atoms with van der Waals surface area (Å²) in [4.78, 5) is 6.11. The molecule has 20 heavy (non-hydrogen) atoms. The molecule has 0 aromatic carbocycles. The van der Waals surface area contributed by atoms with Crippen molar-refractivity contribution in [1.82, 2.24) is 14.2 Å². The number of nitrogens with zero attached hydrogens (tertiary/aromatic N) is 3. The van der Waals surface area contributed by atoms with Gasteiger partial charge in [0, 0.05) is 32.0 Å². The van der Waals surface area contributed by atoms with E-state index in [1.165, 1.54) is 22.8 Å². The van der Waals surface area contributed by atoms with Crippen molar-refractivity contribution in [2.24, 2.45) is 5.92 Å².